The van der Waals surface area contributed by atoms with Crippen molar-refractivity contribution in [3.05, 3.63) is 112 Å². The molecule has 0 aliphatic heterocycles. The van der Waals surface area contributed by atoms with E-state index in [0.717, 1.165) is 0 Å². The number of carbonyl (C=O) groups is 1. The summed E-state index contributed by atoms with van der Waals surface area (Å²) >= 11 is 0. The van der Waals surface area contributed by atoms with Crippen molar-refractivity contribution in [2.24, 2.45) is 0 Å². The predicted octanol–water partition coefficient (Wildman–Crippen LogP) is 5.59. The number of methoxy groups -OCH3 is 1. The highest BCUT2D eigenvalue weighted by Gasteiger charge is 2.17. The van der Waals surface area contributed by atoms with Gasteiger partial charge in [0.2, 0.25) is 5.88 Å². The highest BCUT2D eigenvalue weighted by Crippen LogP contribution is 2.29. The molecule has 0 saturated heterocycles. The normalized spacial score (nSPS) is 10.8. The Kier molecular flexibility index (Phi) is 6.57. The zero-order chi connectivity index (χ0) is 26.8. The Morgan fingerprint density at radius 2 is 1.76 bits per heavy atom. The van der Waals surface area contributed by atoms with Crippen LogP contribution in [0.4, 0.5) is 10.1 Å². The minimum absolute atomic E-state index is 0.0390. The number of nitrogens with one attached hydrogen (secondary N) is 1. The lowest BCUT2D eigenvalue weighted by molar-refractivity contribution is 0.102. The lowest BCUT2D eigenvalue weighted by Gasteiger charge is -2.14. The van der Waals surface area contributed by atoms with Gasteiger partial charge in [0.25, 0.3) is 11.5 Å². The summed E-state index contributed by atoms with van der Waals surface area (Å²) in [6.07, 6.45) is 1.63. The van der Waals surface area contributed by atoms with Crippen molar-refractivity contribution in [3.8, 4) is 23.1 Å². The number of benzene rings is 2. The molecule has 1 N–H and O–H groups in total. The Morgan fingerprint density at radius 3 is 2.50 bits per heavy atom. The number of aromatic nitrogens is 3. The van der Waals surface area contributed by atoms with Crippen molar-refractivity contribution in [3.63, 3.8) is 0 Å². The molecule has 0 saturated carbocycles. The summed E-state index contributed by atoms with van der Waals surface area (Å²) in [7, 11) is 1.54. The number of ether oxygens (including phenoxy) is 2. The van der Waals surface area contributed by atoms with Crippen LogP contribution in [0.3, 0.4) is 0 Å². The molecule has 0 spiro atoms. The Hall–Kier alpha value is -5.05. The fraction of sp³-hybridized carbons (Fsp3) is 0.103. The van der Waals surface area contributed by atoms with Gasteiger partial charge in [0.15, 0.2) is 5.75 Å². The van der Waals surface area contributed by atoms with Gasteiger partial charge in [-0.1, -0.05) is 0 Å². The standard InChI is InChI=1S/C29H23FN4O4/c1-17-16-19(30)5-12-24(17)34-18(2)4-10-22(29(34)36)28(35)32-20-6-8-21(9-7-20)38-25-14-15-31-23-11-13-26(37-3)33-27(23)25/h4-16H,1-3H3,(H,32,35). The molecule has 190 valence electrons. The van der Waals surface area contributed by atoms with Crippen LogP contribution in [0.25, 0.3) is 16.7 Å². The lowest BCUT2D eigenvalue weighted by atomic mass is 10.1. The summed E-state index contributed by atoms with van der Waals surface area (Å²) in [5, 5.41) is 2.75. The molecule has 3 aromatic heterocycles. The molecule has 1 amide bonds. The van der Waals surface area contributed by atoms with Crippen LogP contribution in [0.2, 0.25) is 0 Å². The van der Waals surface area contributed by atoms with E-state index >= 15 is 0 Å². The molecule has 8 nitrogen and oxygen atoms in total. The number of amides is 1. The van der Waals surface area contributed by atoms with Crippen molar-refractivity contribution in [1.29, 1.82) is 0 Å². The van der Waals surface area contributed by atoms with Crippen LogP contribution in [0.5, 0.6) is 17.4 Å². The maximum absolute atomic E-state index is 13.6. The topological polar surface area (TPSA) is 95.3 Å². The third kappa shape index (κ3) is 4.81. The highest BCUT2D eigenvalue weighted by molar-refractivity contribution is 6.04. The van der Waals surface area contributed by atoms with E-state index in [2.05, 4.69) is 15.3 Å². The minimum Gasteiger partial charge on any atom is -0.481 e. The number of pyridine rings is 3. The number of halogens is 1. The Labute approximate surface area is 217 Å². The first-order chi connectivity index (χ1) is 18.3. The molecule has 0 unspecified atom stereocenters. The van der Waals surface area contributed by atoms with E-state index in [0.29, 0.717) is 51.0 Å². The van der Waals surface area contributed by atoms with Crippen molar-refractivity contribution >= 4 is 22.6 Å². The number of fused-ring (bicyclic) bond motifs is 1. The van der Waals surface area contributed by atoms with Gasteiger partial charge in [-0.05, 0) is 80.1 Å². The summed E-state index contributed by atoms with van der Waals surface area (Å²) in [5.41, 5.74) is 2.88. The van der Waals surface area contributed by atoms with Crippen LogP contribution < -0.4 is 20.3 Å². The second-order valence-corrected chi connectivity index (χ2v) is 8.57. The van der Waals surface area contributed by atoms with Gasteiger partial charge in [-0.2, -0.15) is 0 Å². The molecular formula is C29H23FN4O4. The maximum atomic E-state index is 13.6. The van der Waals surface area contributed by atoms with Gasteiger partial charge in [-0.3, -0.25) is 19.1 Å². The zero-order valence-corrected chi connectivity index (χ0v) is 20.9. The van der Waals surface area contributed by atoms with Gasteiger partial charge in [0, 0.05) is 29.7 Å². The van der Waals surface area contributed by atoms with E-state index in [1.807, 2.05) is 0 Å². The number of hydrogen-bond acceptors (Lipinski definition) is 6. The van der Waals surface area contributed by atoms with E-state index < -0.39 is 17.3 Å². The number of nitrogens with zero attached hydrogens (tertiary/aromatic N) is 3. The Balaban J connectivity index is 1.37. The van der Waals surface area contributed by atoms with E-state index in [-0.39, 0.29) is 5.56 Å². The molecule has 0 fully saturated rings. The smallest absolute Gasteiger partial charge is 0.268 e. The molecule has 5 rings (SSSR count). The highest BCUT2D eigenvalue weighted by atomic mass is 19.1. The first-order valence-electron chi connectivity index (χ1n) is 11.7. The fourth-order valence-corrected chi connectivity index (χ4v) is 4.08. The molecule has 5 aromatic rings. The Bertz CT molecular complexity index is 1730. The molecular weight excluding hydrogens is 487 g/mol. The SMILES string of the molecule is COc1ccc2nccc(Oc3ccc(NC(=O)c4ccc(C)n(-c5ccc(F)cc5C)c4=O)cc3)c2n1. The maximum Gasteiger partial charge on any atom is 0.268 e. The molecule has 0 aliphatic rings. The van der Waals surface area contributed by atoms with Crippen molar-refractivity contribution in [2.45, 2.75) is 13.8 Å². The molecule has 0 atom stereocenters. The number of anilines is 1. The molecule has 38 heavy (non-hydrogen) atoms. The van der Waals surface area contributed by atoms with Crippen LogP contribution in [0.1, 0.15) is 21.6 Å². The first kappa shape index (κ1) is 24.6. The van der Waals surface area contributed by atoms with Gasteiger partial charge in [-0.25, -0.2) is 9.37 Å². The van der Waals surface area contributed by atoms with E-state index in [1.165, 1.54) is 35.9 Å². The monoisotopic (exact) mass is 510 g/mol. The third-order valence-corrected chi connectivity index (χ3v) is 5.99. The molecule has 3 heterocycles. The summed E-state index contributed by atoms with van der Waals surface area (Å²) < 4.78 is 26.2. The molecule has 0 radical (unpaired) electrons. The predicted molar refractivity (Wildman–Crippen MR) is 142 cm³/mol. The van der Waals surface area contributed by atoms with Crippen LogP contribution in [0.15, 0.2) is 83.8 Å². The van der Waals surface area contributed by atoms with E-state index in [9.17, 15) is 14.0 Å². The van der Waals surface area contributed by atoms with Crippen LogP contribution in [0, 0.1) is 19.7 Å². The lowest BCUT2D eigenvalue weighted by Crippen LogP contribution is -2.29. The summed E-state index contributed by atoms with van der Waals surface area (Å²) in [6, 6.07) is 19.3. The number of carbonyl (C=O) groups excluding carboxylic acids is 1. The third-order valence-electron chi connectivity index (χ3n) is 5.99. The van der Waals surface area contributed by atoms with Crippen LogP contribution in [-0.4, -0.2) is 27.6 Å². The van der Waals surface area contributed by atoms with E-state index in [1.54, 1.807) is 68.6 Å². The Morgan fingerprint density at radius 1 is 0.974 bits per heavy atom. The largest absolute Gasteiger partial charge is 0.481 e. The number of hydrogen-bond donors (Lipinski definition) is 1. The average Bonchev–Trinajstić information content (AvgIpc) is 2.91. The van der Waals surface area contributed by atoms with Crippen LogP contribution >= 0.6 is 0 Å². The van der Waals surface area contributed by atoms with Crippen molar-refractivity contribution in [1.82, 2.24) is 14.5 Å². The van der Waals surface area contributed by atoms with Gasteiger partial charge in [-0.15, -0.1) is 0 Å². The number of rotatable bonds is 6. The average molecular weight is 511 g/mol. The molecule has 2 aromatic carbocycles. The van der Waals surface area contributed by atoms with Gasteiger partial charge >= 0.3 is 0 Å². The van der Waals surface area contributed by atoms with E-state index in [4.69, 9.17) is 9.47 Å². The second-order valence-electron chi connectivity index (χ2n) is 8.57. The fourth-order valence-electron chi connectivity index (χ4n) is 4.08. The summed E-state index contributed by atoms with van der Waals surface area (Å²) in [4.78, 5) is 35.0. The number of aryl methyl sites for hydroxylation is 2. The second kappa shape index (κ2) is 10.1. The van der Waals surface area contributed by atoms with Crippen molar-refractivity contribution in [2.75, 3.05) is 12.4 Å². The summed E-state index contributed by atoms with van der Waals surface area (Å²) in [6.45, 7) is 3.46. The zero-order valence-electron chi connectivity index (χ0n) is 20.9. The molecule has 0 bridgehead atoms. The van der Waals surface area contributed by atoms with Gasteiger partial charge in [0.1, 0.15) is 22.6 Å². The van der Waals surface area contributed by atoms with Gasteiger partial charge < -0.3 is 14.8 Å². The first-order valence-corrected chi connectivity index (χ1v) is 11.7. The van der Waals surface area contributed by atoms with Gasteiger partial charge in [0.05, 0.1) is 18.3 Å². The van der Waals surface area contributed by atoms with Crippen molar-refractivity contribution < 1.29 is 18.7 Å². The van der Waals surface area contributed by atoms with Crippen LogP contribution in [-0.2, 0) is 0 Å². The minimum atomic E-state index is -0.561. The molecule has 9 heteroatoms. The quantitative estimate of drug-likeness (QED) is 0.320. The molecule has 0 aliphatic carbocycles. The summed E-state index contributed by atoms with van der Waals surface area (Å²) in [5.74, 6) is 0.504.